The van der Waals surface area contributed by atoms with E-state index in [1.807, 2.05) is 19.1 Å². The lowest BCUT2D eigenvalue weighted by Gasteiger charge is -2.07. The van der Waals surface area contributed by atoms with E-state index in [2.05, 4.69) is 4.72 Å². The molecular weight excluding hydrogens is 274 g/mol. The molecule has 0 saturated heterocycles. The fourth-order valence-electron chi connectivity index (χ4n) is 1.73. The van der Waals surface area contributed by atoms with Crippen LogP contribution in [0.1, 0.15) is 22.8 Å². The van der Waals surface area contributed by atoms with Gasteiger partial charge in [-0.1, -0.05) is 37.3 Å². The molecule has 5 heteroatoms. The Morgan fingerprint density at radius 1 is 1.00 bits per heavy atom. The highest BCUT2D eigenvalue weighted by Gasteiger charge is 2.17. The number of carbonyl (C=O) groups excluding carboxylic acids is 1. The summed E-state index contributed by atoms with van der Waals surface area (Å²) in [7, 11) is -3.82. The van der Waals surface area contributed by atoms with E-state index < -0.39 is 15.9 Å². The highest BCUT2D eigenvalue weighted by Crippen LogP contribution is 2.10. The summed E-state index contributed by atoms with van der Waals surface area (Å²) in [4.78, 5) is 12.0. The normalized spacial score (nSPS) is 11.1. The van der Waals surface area contributed by atoms with Crippen LogP contribution >= 0.6 is 0 Å². The largest absolute Gasteiger partial charge is 0.268 e. The van der Waals surface area contributed by atoms with Gasteiger partial charge in [0.1, 0.15) is 0 Å². The molecule has 2 aromatic rings. The van der Waals surface area contributed by atoms with Gasteiger partial charge in [-0.2, -0.15) is 0 Å². The van der Waals surface area contributed by atoms with Crippen LogP contribution in [0.25, 0.3) is 0 Å². The number of hydrogen-bond acceptors (Lipinski definition) is 3. The van der Waals surface area contributed by atoms with Crippen LogP contribution in [-0.2, 0) is 16.4 Å². The third-order valence-electron chi connectivity index (χ3n) is 2.90. The minimum atomic E-state index is -3.82. The maximum absolute atomic E-state index is 12.0. The Morgan fingerprint density at radius 2 is 1.60 bits per heavy atom. The van der Waals surface area contributed by atoms with Crippen LogP contribution in [0.2, 0.25) is 0 Å². The molecular formula is C15H15NO3S. The van der Waals surface area contributed by atoms with Crippen LogP contribution in [0.15, 0.2) is 59.5 Å². The molecule has 20 heavy (non-hydrogen) atoms. The van der Waals surface area contributed by atoms with Crippen LogP contribution in [0, 0.1) is 0 Å². The fraction of sp³-hybridized carbons (Fsp3) is 0.133. The number of aryl methyl sites for hydroxylation is 1. The summed E-state index contributed by atoms with van der Waals surface area (Å²) >= 11 is 0. The molecule has 0 aliphatic heterocycles. The van der Waals surface area contributed by atoms with Gasteiger partial charge in [-0.3, -0.25) is 4.79 Å². The van der Waals surface area contributed by atoms with Gasteiger partial charge in [-0.15, -0.1) is 0 Å². The van der Waals surface area contributed by atoms with Crippen molar-refractivity contribution in [2.24, 2.45) is 0 Å². The van der Waals surface area contributed by atoms with Gasteiger partial charge in [-0.05, 0) is 36.2 Å². The summed E-state index contributed by atoms with van der Waals surface area (Å²) in [5.74, 6) is -0.628. The Morgan fingerprint density at radius 3 is 2.15 bits per heavy atom. The van der Waals surface area contributed by atoms with Crippen molar-refractivity contribution in [3.63, 3.8) is 0 Å². The highest BCUT2D eigenvalue weighted by molar-refractivity contribution is 7.90. The number of hydrogen-bond donors (Lipinski definition) is 1. The van der Waals surface area contributed by atoms with Gasteiger partial charge in [0.2, 0.25) is 0 Å². The van der Waals surface area contributed by atoms with Crippen molar-refractivity contribution in [3.8, 4) is 0 Å². The molecule has 0 heterocycles. The molecule has 0 aliphatic carbocycles. The van der Waals surface area contributed by atoms with Crippen molar-refractivity contribution in [2.45, 2.75) is 18.2 Å². The van der Waals surface area contributed by atoms with Crippen molar-refractivity contribution < 1.29 is 13.2 Å². The van der Waals surface area contributed by atoms with Gasteiger partial charge >= 0.3 is 0 Å². The van der Waals surface area contributed by atoms with Crippen molar-refractivity contribution in [1.29, 1.82) is 0 Å². The van der Waals surface area contributed by atoms with E-state index in [0.29, 0.717) is 5.56 Å². The first-order valence-electron chi connectivity index (χ1n) is 6.24. The average Bonchev–Trinajstić information content (AvgIpc) is 2.48. The van der Waals surface area contributed by atoms with Gasteiger partial charge in [0.25, 0.3) is 15.9 Å². The lowest BCUT2D eigenvalue weighted by molar-refractivity contribution is 0.0981. The van der Waals surface area contributed by atoms with Crippen molar-refractivity contribution >= 4 is 15.9 Å². The molecule has 0 aromatic heterocycles. The van der Waals surface area contributed by atoms with Crippen molar-refractivity contribution in [3.05, 3.63) is 65.7 Å². The van der Waals surface area contributed by atoms with Gasteiger partial charge in [0, 0.05) is 5.56 Å². The molecule has 2 rings (SSSR count). The molecule has 104 valence electrons. The van der Waals surface area contributed by atoms with Crippen LogP contribution in [0.4, 0.5) is 0 Å². The average molecular weight is 289 g/mol. The molecule has 0 aliphatic rings. The minimum Gasteiger partial charge on any atom is -0.268 e. The molecule has 1 N–H and O–H groups in total. The van der Waals surface area contributed by atoms with E-state index in [-0.39, 0.29) is 4.90 Å². The zero-order valence-corrected chi connectivity index (χ0v) is 11.9. The molecule has 0 spiro atoms. The van der Waals surface area contributed by atoms with E-state index in [9.17, 15) is 13.2 Å². The number of benzene rings is 2. The smallest absolute Gasteiger partial charge is 0.264 e. The zero-order chi connectivity index (χ0) is 14.6. The minimum absolute atomic E-state index is 0.0681. The summed E-state index contributed by atoms with van der Waals surface area (Å²) < 4.78 is 26.1. The maximum atomic E-state index is 12.0. The molecule has 0 unspecified atom stereocenters. The monoisotopic (exact) mass is 289 g/mol. The molecule has 0 bridgehead atoms. The number of amides is 1. The summed E-state index contributed by atoms with van der Waals surface area (Å²) in [6, 6.07) is 14.7. The molecule has 4 nitrogen and oxygen atoms in total. The lowest BCUT2D eigenvalue weighted by Crippen LogP contribution is -2.30. The Bertz CT molecular complexity index is 692. The Kier molecular flexibility index (Phi) is 4.20. The third-order valence-corrected chi connectivity index (χ3v) is 4.25. The first kappa shape index (κ1) is 14.3. The summed E-state index contributed by atoms with van der Waals surface area (Å²) in [5, 5.41) is 0. The van der Waals surface area contributed by atoms with Crippen LogP contribution in [-0.4, -0.2) is 14.3 Å². The summed E-state index contributed by atoms with van der Waals surface area (Å²) in [5.41, 5.74) is 1.41. The second kappa shape index (κ2) is 5.88. The fourth-order valence-corrected chi connectivity index (χ4v) is 2.73. The standard InChI is InChI=1S/C15H15NO3S/c1-2-12-8-10-13(11-9-12)15(17)16-20(18,19)14-6-4-3-5-7-14/h3-11H,2H2,1H3,(H,16,17). The number of rotatable bonds is 4. The van der Waals surface area contributed by atoms with E-state index in [1.165, 1.54) is 12.1 Å². The molecule has 0 atom stereocenters. The van der Waals surface area contributed by atoms with E-state index >= 15 is 0 Å². The molecule has 1 amide bonds. The first-order valence-corrected chi connectivity index (χ1v) is 7.72. The van der Waals surface area contributed by atoms with Crippen molar-refractivity contribution in [1.82, 2.24) is 4.72 Å². The highest BCUT2D eigenvalue weighted by atomic mass is 32.2. The van der Waals surface area contributed by atoms with E-state index in [1.54, 1.807) is 30.3 Å². The predicted octanol–water partition coefficient (Wildman–Crippen LogP) is 2.37. The lowest BCUT2D eigenvalue weighted by atomic mass is 10.1. The van der Waals surface area contributed by atoms with Crippen molar-refractivity contribution in [2.75, 3.05) is 0 Å². The topological polar surface area (TPSA) is 63.2 Å². The molecule has 0 saturated carbocycles. The van der Waals surface area contributed by atoms with E-state index in [4.69, 9.17) is 0 Å². The maximum Gasteiger partial charge on any atom is 0.264 e. The number of sulfonamides is 1. The quantitative estimate of drug-likeness (QED) is 0.940. The first-order chi connectivity index (χ1) is 9.53. The third kappa shape index (κ3) is 3.24. The molecule has 0 radical (unpaired) electrons. The van der Waals surface area contributed by atoms with E-state index in [0.717, 1.165) is 12.0 Å². The summed E-state index contributed by atoms with van der Waals surface area (Å²) in [6.45, 7) is 2.01. The number of carbonyl (C=O) groups is 1. The Labute approximate surface area is 118 Å². The van der Waals surface area contributed by atoms with Gasteiger partial charge in [-0.25, -0.2) is 13.1 Å². The van der Waals surface area contributed by atoms with Crippen LogP contribution in [0.3, 0.4) is 0 Å². The molecule has 2 aromatic carbocycles. The predicted molar refractivity (Wildman–Crippen MR) is 76.9 cm³/mol. The SMILES string of the molecule is CCc1ccc(C(=O)NS(=O)(=O)c2ccccc2)cc1. The van der Waals surface area contributed by atoms with Crippen LogP contribution in [0.5, 0.6) is 0 Å². The number of nitrogens with one attached hydrogen (secondary N) is 1. The Hall–Kier alpha value is -2.14. The summed E-state index contributed by atoms with van der Waals surface area (Å²) in [6.07, 6.45) is 0.865. The van der Waals surface area contributed by atoms with Gasteiger partial charge in [0.15, 0.2) is 0 Å². The zero-order valence-electron chi connectivity index (χ0n) is 11.0. The van der Waals surface area contributed by atoms with Crippen LogP contribution < -0.4 is 4.72 Å². The molecule has 0 fully saturated rings. The Balaban J connectivity index is 2.18. The van der Waals surface area contributed by atoms with Gasteiger partial charge < -0.3 is 0 Å². The second-order valence-corrected chi connectivity index (χ2v) is 5.98. The second-order valence-electron chi connectivity index (χ2n) is 4.30. The van der Waals surface area contributed by atoms with Gasteiger partial charge in [0.05, 0.1) is 4.90 Å².